The van der Waals surface area contributed by atoms with Gasteiger partial charge in [-0.1, -0.05) is 0 Å². The van der Waals surface area contributed by atoms with Crippen LogP contribution in [-0.2, 0) is 6.54 Å². The van der Waals surface area contributed by atoms with Crippen LogP contribution in [0.1, 0.15) is 16.5 Å². The third-order valence-electron chi connectivity index (χ3n) is 3.18. The Morgan fingerprint density at radius 3 is 2.55 bits per heavy atom. The molecular weight excluding hydrogens is 372 g/mol. The fourth-order valence-electron chi connectivity index (χ4n) is 1.98. The highest BCUT2D eigenvalue weighted by Crippen LogP contribution is 2.22. The summed E-state index contributed by atoms with van der Waals surface area (Å²) in [5, 5.41) is 35.4. The number of halogens is 1. The molecule has 3 N–H and O–H groups in total. The van der Waals surface area contributed by atoms with Crippen LogP contribution in [0, 0.1) is 10.1 Å². The zero-order valence-corrected chi connectivity index (χ0v) is 13.9. The highest BCUT2D eigenvalue weighted by molar-refractivity contribution is 9.10. The second kappa shape index (κ2) is 7.80. The molecule has 0 aliphatic carbocycles. The van der Waals surface area contributed by atoms with Gasteiger partial charge in [0.05, 0.1) is 23.7 Å². The Balaban J connectivity index is 2.01. The summed E-state index contributed by atoms with van der Waals surface area (Å²) in [6.45, 7) is 0.274. The Morgan fingerprint density at radius 1 is 1.36 bits per heavy atom. The van der Waals surface area contributed by atoms with Crippen LogP contribution < -0.4 is 5.32 Å². The molecule has 2 atom stereocenters. The number of rotatable bonds is 7. The average Bonchev–Trinajstić information content (AvgIpc) is 2.93. The summed E-state index contributed by atoms with van der Waals surface area (Å²) in [6, 6.07) is 7.07. The highest BCUT2D eigenvalue weighted by Gasteiger charge is 2.20. The van der Waals surface area contributed by atoms with Crippen molar-refractivity contribution in [1.82, 2.24) is 5.32 Å². The Morgan fingerprint density at radius 2 is 2.05 bits per heavy atom. The van der Waals surface area contributed by atoms with Gasteiger partial charge >= 0.3 is 0 Å². The summed E-state index contributed by atoms with van der Waals surface area (Å²) < 4.78 is 0.991. The minimum absolute atomic E-state index is 0.0344. The van der Waals surface area contributed by atoms with Crippen LogP contribution in [0.5, 0.6) is 0 Å². The molecule has 0 unspecified atom stereocenters. The molecule has 2 aromatic rings. The largest absolute Gasteiger partial charge is 0.395 e. The van der Waals surface area contributed by atoms with E-state index in [9.17, 15) is 20.3 Å². The molecule has 1 heterocycles. The maximum Gasteiger partial charge on any atom is 0.269 e. The van der Waals surface area contributed by atoms with Crippen LogP contribution in [-0.4, -0.2) is 27.8 Å². The number of nitro groups is 1. The first kappa shape index (κ1) is 17.0. The van der Waals surface area contributed by atoms with Gasteiger partial charge in [-0.15, -0.1) is 11.3 Å². The van der Waals surface area contributed by atoms with Gasteiger partial charge in [0.15, 0.2) is 0 Å². The van der Waals surface area contributed by atoms with Crippen molar-refractivity contribution >= 4 is 33.0 Å². The van der Waals surface area contributed by atoms with Crippen molar-refractivity contribution in [2.24, 2.45) is 0 Å². The summed E-state index contributed by atoms with van der Waals surface area (Å²) in [6.07, 6.45) is -0.950. The Kier molecular flexibility index (Phi) is 6.04. The lowest BCUT2D eigenvalue weighted by Crippen LogP contribution is -2.37. The molecule has 8 heteroatoms. The third kappa shape index (κ3) is 4.34. The lowest BCUT2D eigenvalue weighted by molar-refractivity contribution is -0.384. The lowest BCUT2D eigenvalue weighted by Gasteiger charge is -2.22. The van der Waals surface area contributed by atoms with Gasteiger partial charge in [0.2, 0.25) is 0 Å². The van der Waals surface area contributed by atoms with Crippen LogP contribution in [0.2, 0.25) is 0 Å². The maximum atomic E-state index is 10.6. The number of benzene rings is 1. The number of nitrogens with zero attached hydrogens (tertiary/aromatic N) is 1. The van der Waals surface area contributed by atoms with Crippen LogP contribution in [0.15, 0.2) is 40.2 Å². The molecule has 0 bridgehead atoms. The fraction of sp³-hybridized carbons (Fsp3) is 0.286. The quantitative estimate of drug-likeness (QED) is 0.502. The van der Waals surface area contributed by atoms with Crippen LogP contribution in [0.4, 0.5) is 5.69 Å². The summed E-state index contributed by atoms with van der Waals surface area (Å²) in [4.78, 5) is 11.2. The Hall–Kier alpha value is -1.32. The molecule has 0 spiro atoms. The van der Waals surface area contributed by atoms with Gasteiger partial charge in [-0.05, 0) is 39.7 Å². The number of thiophene rings is 1. The number of nitrogens with one attached hydrogen (secondary N) is 1. The monoisotopic (exact) mass is 386 g/mol. The first-order valence-electron chi connectivity index (χ1n) is 6.51. The number of non-ortho nitro benzene ring substituents is 1. The van der Waals surface area contributed by atoms with E-state index in [4.69, 9.17) is 0 Å². The van der Waals surface area contributed by atoms with Gasteiger partial charge in [-0.3, -0.25) is 10.1 Å². The third-order valence-corrected chi connectivity index (χ3v) is 4.88. The molecule has 22 heavy (non-hydrogen) atoms. The van der Waals surface area contributed by atoms with Crippen molar-refractivity contribution in [3.8, 4) is 0 Å². The van der Waals surface area contributed by atoms with Gasteiger partial charge in [-0.2, -0.15) is 0 Å². The van der Waals surface area contributed by atoms with E-state index in [-0.39, 0.29) is 12.3 Å². The summed E-state index contributed by atoms with van der Waals surface area (Å²) >= 11 is 4.94. The number of hydrogen-bond acceptors (Lipinski definition) is 6. The molecule has 1 aromatic heterocycles. The number of nitro benzene ring substituents is 1. The highest BCUT2D eigenvalue weighted by atomic mass is 79.9. The van der Waals surface area contributed by atoms with Crippen molar-refractivity contribution in [2.75, 3.05) is 6.61 Å². The predicted molar refractivity (Wildman–Crippen MR) is 87.8 cm³/mol. The molecule has 0 radical (unpaired) electrons. The number of hydrogen-bond donors (Lipinski definition) is 3. The van der Waals surface area contributed by atoms with E-state index >= 15 is 0 Å². The van der Waals surface area contributed by atoms with Crippen molar-refractivity contribution in [3.05, 3.63) is 60.7 Å². The van der Waals surface area contributed by atoms with Crippen molar-refractivity contribution < 1.29 is 15.1 Å². The van der Waals surface area contributed by atoms with Crippen LogP contribution in [0.25, 0.3) is 0 Å². The second-order valence-corrected chi connectivity index (χ2v) is 6.61. The fourth-order valence-corrected chi connectivity index (χ4v) is 3.38. The molecule has 118 valence electrons. The Labute approximate surface area is 139 Å². The Bertz CT molecular complexity index is 632. The van der Waals surface area contributed by atoms with Gasteiger partial charge in [0.25, 0.3) is 5.69 Å². The summed E-state index contributed by atoms with van der Waals surface area (Å²) in [7, 11) is 0. The van der Waals surface area contributed by atoms with E-state index in [0.717, 1.165) is 9.35 Å². The standard InChI is InChI=1S/C14H15BrN2O4S/c15-10-5-12(22-8-10)6-16-13(7-18)14(19)9-1-3-11(4-2-9)17(20)21/h1-5,8,13-14,16,18-19H,6-7H2/t13-,14+/m1/s1. The summed E-state index contributed by atoms with van der Waals surface area (Å²) in [5.41, 5.74) is 0.484. The maximum absolute atomic E-state index is 10.6. The molecule has 1 aromatic carbocycles. The minimum Gasteiger partial charge on any atom is -0.395 e. The summed E-state index contributed by atoms with van der Waals surface area (Å²) in [5.74, 6) is 0. The zero-order valence-electron chi connectivity index (χ0n) is 11.5. The molecule has 6 nitrogen and oxygen atoms in total. The van der Waals surface area contributed by atoms with E-state index in [1.165, 1.54) is 24.3 Å². The van der Waals surface area contributed by atoms with Gasteiger partial charge in [0, 0.05) is 33.4 Å². The molecule has 2 rings (SSSR count). The predicted octanol–water partition coefficient (Wildman–Crippen LogP) is 2.60. The van der Waals surface area contributed by atoms with Crippen LogP contribution in [0.3, 0.4) is 0 Å². The normalized spacial score (nSPS) is 13.8. The first-order chi connectivity index (χ1) is 10.5. The van der Waals surface area contributed by atoms with Gasteiger partial charge < -0.3 is 15.5 Å². The van der Waals surface area contributed by atoms with E-state index in [1.807, 2.05) is 11.4 Å². The van der Waals surface area contributed by atoms with E-state index in [2.05, 4.69) is 21.2 Å². The van der Waals surface area contributed by atoms with Crippen molar-refractivity contribution in [3.63, 3.8) is 0 Å². The topological polar surface area (TPSA) is 95.6 Å². The zero-order chi connectivity index (χ0) is 16.1. The van der Waals surface area contributed by atoms with E-state index < -0.39 is 17.1 Å². The van der Waals surface area contributed by atoms with Gasteiger partial charge in [-0.25, -0.2) is 0 Å². The molecule has 0 fully saturated rings. The first-order valence-corrected chi connectivity index (χ1v) is 8.18. The van der Waals surface area contributed by atoms with E-state index in [1.54, 1.807) is 11.3 Å². The molecule has 0 aliphatic heterocycles. The number of aliphatic hydroxyl groups is 2. The molecule has 0 saturated heterocycles. The molecule has 0 aliphatic rings. The van der Waals surface area contributed by atoms with Crippen molar-refractivity contribution in [1.29, 1.82) is 0 Å². The van der Waals surface area contributed by atoms with Gasteiger partial charge in [0.1, 0.15) is 0 Å². The molecule has 0 saturated carbocycles. The van der Waals surface area contributed by atoms with Crippen molar-refractivity contribution in [2.45, 2.75) is 18.7 Å². The van der Waals surface area contributed by atoms with E-state index in [0.29, 0.717) is 12.1 Å². The average molecular weight is 387 g/mol. The SMILES string of the molecule is O=[N+]([O-])c1ccc([C@H](O)[C@@H](CO)NCc2cc(Br)cs2)cc1. The van der Waals surface area contributed by atoms with Crippen LogP contribution >= 0.6 is 27.3 Å². The molecular formula is C14H15BrN2O4S. The second-order valence-electron chi connectivity index (χ2n) is 4.69. The lowest BCUT2D eigenvalue weighted by atomic mass is 10.0. The number of aliphatic hydroxyl groups excluding tert-OH is 2. The minimum atomic E-state index is -0.950. The smallest absolute Gasteiger partial charge is 0.269 e. The molecule has 0 amide bonds.